The van der Waals surface area contributed by atoms with Gasteiger partial charge in [-0.15, -0.1) is 0 Å². The lowest BCUT2D eigenvalue weighted by atomic mass is 10.1. The van der Waals surface area contributed by atoms with Crippen LogP contribution >= 0.6 is 11.6 Å². The summed E-state index contributed by atoms with van der Waals surface area (Å²) in [5.74, 6) is -0.565. The fraction of sp³-hybridized carbons (Fsp3) is 0. The van der Waals surface area contributed by atoms with E-state index in [9.17, 15) is 14.7 Å². The quantitative estimate of drug-likeness (QED) is 0.753. The average molecular weight is 331 g/mol. The molecule has 0 aliphatic rings. The van der Waals surface area contributed by atoms with Gasteiger partial charge in [0.15, 0.2) is 0 Å². The van der Waals surface area contributed by atoms with Crippen molar-refractivity contribution < 1.29 is 18.8 Å². The number of aromatic nitrogens is 1. The maximum atomic E-state index is 11.5. The molecule has 3 rings (SSSR count). The fourth-order valence-electron chi connectivity index (χ4n) is 2.05. The molecule has 0 unspecified atom stereocenters. The summed E-state index contributed by atoms with van der Waals surface area (Å²) in [5.41, 5.74) is -0.166. The molecule has 6 nitrogen and oxygen atoms in total. The SMILES string of the molecule is C=c1[nH]oc(=O)c1=Cc1ccc(-c2ccc(Cl)c(C(=O)[O-])c2)o1. The van der Waals surface area contributed by atoms with Crippen LogP contribution in [0.4, 0.5) is 0 Å². The number of carbonyl (C=O) groups is 1. The highest BCUT2D eigenvalue weighted by Gasteiger charge is 2.08. The number of furan rings is 1. The number of aromatic amines is 1. The summed E-state index contributed by atoms with van der Waals surface area (Å²) in [6.07, 6.45) is 1.48. The number of carboxylic acids is 1. The average Bonchev–Trinajstić information content (AvgIpc) is 3.10. The first-order valence-corrected chi connectivity index (χ1v) is 6.83. The Morgan fingerprint density at radius 1 is 1.30 bits per heavy atom. The number of benzene rings is 1. The molecule has 0 aliphatic heterocycles. The van der Waals surface area contributed by atoms with E-state index in [1.54, 1.807) is 18.2 Å². The van der Waals surface area contributed by atoms with Gasteiger partial charge in [0.05, 0.1) is 16.5 Å². The van der Waals surface area contributed by atoms with Gasteiger partial charge in [-0.25, -0.2) is 9.95 Å². The summed E-state index contributed by atoms with van der Waals surface area (Å²) in [4.78, 5) is 22.5. The third-order valence-corrected chi connectivity index (χ3v) is 3.53. The van der Waals surface area contributed by atoms with Crippen molar-refractivity contribution in [1.29, 1.82) is 0 Å². The predicted molar refractivity (Wildman–Crippen MR) is 81.2 cm³/mol. The van der Waals surface area contributed by atoms with Crippen molar-refractivity contribution in [3.05, 3.63) is 67.7 Å². The van der Waals surface area contributed by atoms with Crippen LogP contribution in [0.25, 0.3) is 24.0 Å². The Balaban J connectivity index is 2.05. The monoisotopic (exact) mass is 330 g/mol. The summed E-state index contributed by atoms with van der Waals surface area (Å²) in [7, 11) is 0. The molecule has 0 amide bonds. The Kier molecular flexibility index (Phi) is 3.67. The maximum absolute atomic E-state index is 11.5. The van der Waals surface area contributed by atoms with Gasteiger partial charge in [-0.2, -0.15) is 0 Å². The highest BCUT2D eigenvalue weighted by Crippen LogP contribution is 2.26. The van der Waals surface area contributed by atoms with Crippen molar-refractivity contribution in [2.45, 2.75) is 0 Å². The molecule has 0 bridgehead atoms. The van der Waals surface area contributed by atoms with Crippen LogP contribution in [-0.2, 0) is 0 Å². The molecule has 0 atom stereocenters. The second kappa shape index (κ2) is 5.66. The number of halogens is 1. The molecule has 1 N–H and O–H groups in total. The number of carboxylic acid groups (broad SMARTS) is 1. The number of hydrogen-bond acceptors (Lipinski definition) is 5. The van der Waals surface area contributed by atoms with Crippen LogP contribution in [0.3, 0.4) is 0 Å². The third kappa shape index (κ3) is 2.84. The topological polar surface area (TPSA) is 99.3 Å². The fourth-order valence-corrected chi connectivity index (χ4v) is 2.24. The standard InChI is InChI=1S/C16H10ClNO5/c1-8-11(16(21)23-18-8)7-10-3-5-14(22-10)9-2-4-13(17)12(6-9)15(19)20/h2-7,18H,1H2,(H,19,20)/p-1. The lowest BCUT2D eigenvalue weighted by Crippen LogP contribution is -2.31. The Bertz CT molecular complexity index is 1030. The summed E-state index contributed by atoms with van der Waals surface area (Å²) in [6, 6.07) is 7.70. The van der Waals surface area contributed by atoms with Crippen molar-refractivity contribution in [3.8, 4) is 11.3 Å². The van der Waals surface area contributed by atoms with Gasteiger partial charge in [0, 0.05) is 16.1 Å². The first kappa shape index (κ1) is 14.9. The molecule has 0 fully saturated rings. The van der Waals surface area contributed by atoms with Crippen molar-refractivity contribution in [2.24, 2.45) is 0 Å². The van der Waals surface area contributed by atoms with Gasteiger partial charge >= 0.3 is 5.63 Å². The number of H-pyrrole nitrogens is 1. The smallest absolute Gasteiger partial charge is 0.365 e. The Labute approximate surface area is 133 Å². The lowest BCUT2D eigenvalue weighted by Gasteiger charge is -2.06. The second-order valence-electron chi connectivity index (χ2n) is 4.71. The first-order valence-electron chi connectivity index (χ1n) is 6.45. The van der Waals surface area contributed by atoms with Crippen LogP contribution in [0, 0.1) is 0 Å². The van der Waals surface area contributed by atoms with Gasteiger partial charge in [0.2, 0.25) is 0 Å². The van der Waals surface area contributed by atoms with Crippen molar-refractivity contribution in [3.63, 3.8) is 0 Å². The summed E-state index contributed by atoms with van der Waals surface area (Å²) in [6.45, 7) is 3.63. The van der Waals surface area contributed by atoms with E-state index in [2.05, 4.69) is 16.3 Å². The van der Waals surface area contributed by atoms with Crippen molar-refractivity contribution in [1.82, 2.24) is 5.16 Å². The normalized spacial score (nSPS) is 11.8. The molecule has 7 heteroatoms. The second-order valence-corrected chi connectivity index (χ2v) is 5.12. The molecule has 3 aromatic rings. The number of carbonyl (C=O) groups excluding carboxylic acids is 1. The molecule has 0 aliphatic carbocycles. The Morgan fingerprint density at radius 3 is 2.74 bits per heavy atom. The summed E-state index contributed by atoms with van der Waals surface area (Å²) in [5, 5.41) is 14.0. The van der Waals surface area contributed by atoms with Crippen molar-refractivity contribution >= 4 is 30.2 Å². The van der Waals surface area contributed by atoms with E-state index in [1.807, 2.05) is 0 Å². The van der Waals surface area contributed by atoms with Crippen LogP contribution in [0.5, 0.6) is 0 Å². The molecular formula is C16H9ClNO5-. The van der Waals surface area contributed by atoms with Gasteiger partial charge in [-0.1, -0.05) is 18.2 Å². The molecule has 0 saturated carbocycles. The molecule has 2 heterocycles. The Morgan fingerprint density at radius 2 is 2.09 bits per heavy atom. The van der Waals surface area contributed by atoms with Crippen LogP contribution in [-0.4, -0.2) is 11.1 Å². The number of nitrogens with one attached hydrogen (secondary N) is 1. The van der Waals surface area contributed by atoms with Crippen LogP contribution < -0.4 is 21.3 Å². The molecule has 116 valence electrons. The highest BCUT2D eigenvalue weighted by molar-refractivity contribution is 6.33. The number of rotatable bonds is 3. The molecule has 2 aromatic heterocycles. The van der Waals surface area contributed by atoms with Gasteiger partial charge in [-0.3, -0.25) is 0 Å². The zero-order valence-corrected chi connectivity index (χ0v) is 12.3. The van der Waals surface area contributed by atoms with E-state index in [4.69, 9.17) is 16.0 Å². The molecule has 0 radical (unpaired) electrons. The molecule has 0 saturated heterocycles. The molecular weight excluding hydrogens is 322 g/mol. The van der Waals surface area contributed by atoms with E-state index in [0.29, 0.717) is 22.4 Å². The highest BCUT2D eigenvalue weighted by atomic mass is 35.5. The third-order valence-electron chi connectivity index (χ3n) is 3.20. The number of aromatic carboxylic acids is 1. The number of hydrogen-bond donors (Lipinski definition) is 1. The van der Waals surface area contributed by atoms with E-state index in [1.165, 1.54) is 18.2 Å². The zero-order valence-electron chi connectivity index (χ0n) is 11.6. The zero-order chi connectivity index (χ0) is 16.6. The van der Waals surface area contributed by atoms with Gasteiger partial charge in [0.1, 0.15) is 11.5 Å². The molecule has 0 spiro atoms. The van der Waals surface area contributed by atoms with Crippen LogP contribution in [0.15, 0.2) is 44.1 Å². The minimum absolute atomic E-state index is 0.0822. The van der Waals surface area contributed by atoms with E-state index in [-0.39, 0.29) is 15.8 Å². The van der Waals surface area contributed by atoms with E-state index >= 15 is 0 Å². The summed E-state index contributed by atoms with van der Waals surface area (Å²) >= 11 is 5.80. The molecule has 23 heavy (non-hydrogen) atoms. The Hall–Kier alpha value is -2.99. The van der Waals surface area contributed by atoms with Gasteiger partial charge in [0.25, 0.3) is 0 Å². The van der Waals surface area contributed by atoms with E-state index in [0.717, 1.165) is 0 Å². The minimum atomic E-state index is -1.37. The van der Waals surface area contributed by atoms with Crippen molar-refractivity contribution in [2.75, 3.05) is 0 Å². The lowest BCUT2D eigenvalue weighted by molar-refractivity contribution is -0.255. The van der Waals surface area contributed by atoms with Gasteiger partial charge < -0.3 is 18.8 Å². The van der Waals surface area contributed by atoms with Crippen LogP contribution in [0.1, 0.15) is 16.1 Å². The largest absolute Gasteiger partial charge is 0.545 e. The molecule has 1 aromatic carbocycles. The minimum Gasteiger partial charge on any atom is -0.545 e. The van der Waals surface area contributed by atoms with Crippen LogP contribution in [0.2, 0.25) is 5.02 Å². The summed E-state index contributed by atoms with van der Waals surface area (Å²) < 4.78 is 10.2. The van der Waals surface area contributed by atoms with E-state index < -0.39 is 11.6 Å². The first-order chi connectivity index (χ1) is 11.0. The maximum Gasteiger partial charge on any atom is 0.365 e. The van der Waals surface area contributed by atoms with Gasteiger partial charge in [-0.05, 0) is 36.4 Å². The predicted octanol–water partition coefficient (Wildman–Crippen LogP) is 0.484.